The molecule has 0 unspecified atom stereocenters. The molecule has 0 spiro atoms. The molecule has 0 radical (unpaired) electrons. The summed E-state index contributed by atoms with van der Waals surface area (Å²) in [6, 6.07) is 1.90. The molecule has 0 amide bonds. The zero-order valence-electron chi connectivity index (χ0n) is 6.22. The van der Waals surface area contributed by atoms with Gasteiger partial charge in [0, 0.05) is 17.2 Å². The van der Waals surface area contributed by atoms with Crippen molar-refractivity contribution in [1.29, 1.82) is 0 Å². The number of aliphatic hydroxyl groups is 1. The number of hydrogen-bond acceptors (Lipinski definition) is 3. The summed E-state index contributed by atoms with van der Waals surface area (Å²) >= 11 is 6.64. The van der Waals surface area contributed by atoms with E-state index in [9.17, 15) is 0 Å². The Bertz CT molecular complexity index is 268. The Morgan fingerprint density at radius 3 is 2.83 bits per heavy atom. The standard InChI is InChI=1S/C7H8Br2N2O/c8-5-3-6(9)7(11-4-5)10-1-2-12/h3-4,12H,1-2H2,(H,10,11). The van der Waals surface area contributed by atoms with Gasteiger partial charge in [-0.3, -0.25) is 0 Å². The quantitative estimate of drug-likeness (QED) is 0.897. The zero-order chi connectivity index (χ0) is 8.97. The Balaban J connectivity index is 2.72. The van der Waals surface area contributed by atoms with Gasteiger partial charge in [-0.25, -0.2) is 4.98 Å². The van der Waals surface area contributed by atoms with Gasteiger partial charge in [0.1, 0.15) is 5.82 Å². The van der Waals surface area contributed by atoms with Crippen molar-refractivity contribution in [2.75, 3.05) is 18.5 Å². The van der Waals surface area contributed by atoms with Crippen molar-refractivity contribution in [3.63, 3.8) is 0 Å². The van der Waals surface area contributed by atoms with Crippen LogP contribution in [0.5, 0.6) is 0 Å². The lowest BCUT2D eigenvalue weighted by molar-refractivity contribution is 0.311. The SMILES string of the molecule is OCCNc1ncc(Br)cc1Br. The minimum atomic E-state index is 0.101. The summed E-state index contributed by atoms with van der Waals surface area (Å²) in [5, 5.41) is 11.5. The lowest BCUT2D eigenvalue weighted by Gasteiger charge is -2.05. The van der Waals surface area contributed by atoms with Crippen molar-refractivity contribution >= 4 is 37.7 Å². The van der Waals surface area contributed by atoms with Gasteiger partial charge in [0.05, 0.1) is 11.1 Å². The molecule has 0 saturated carbocycles. The number of hydrogen-bond donors (Lipinski definition) is 2. The molecule has 0 saturated heterocycles. The molecule has 1 heterocycles. The lowest BCUT2D eigenvalue weighted by Crippen LogP contribution is -2.07. The van der Waals surface area contributed by atoms with Crippen molar-refractivity contribution in [2.24, 2.45) is 0 Å². The van der Waals surface area contributed by atoms with Gasteiger partial charge in [-0.05, 0) is 37.9 Å². The van der Waals surface area contributed by atoms with Crippen LogP contribution in [-0.2, 0) is 0 Å². The van der Waals surface area contributed by atoms with Gasteiger partial charge in [0.15, 0.2) is 0 Å². The number of aromatic nitrogens is 1. The molecule has 0 fully saturated rings. The minimum absolute atomic E-state index is 0.101. The number of anilines is 1. The molecule has 1 aromatic rings. The molecule has 2 N–H and O–H groups in total. The summed E-state index contributed by atoms with van der Waals surface area (Å²) < 4.78 is 1.80. The monoisotopic (exact) mass is 294 g/mol. The fourth-order valence-electron chi connectivity index (χ4n) is 0.719. The highest BCUT2D eigenvalue weighted by molar-refractivity contribution is 9.11. The molecule has 0 aliphatic heterocycles. The largest absolute Gasteiger partial charge is 0.395 e. The van der Waals surface area contributed by atoms with Gasteiger partial charge in [0.25, 0.3) is 0 Å². The minimum Gasteiger partial charge on any atom is -0.395 e. The van der Waals surface area contributed by atoms with Crippen LogP contribution in [0.2, 0.25) is 0 Å². The number of nitrogens with zero attached hydrogens (tertiary/aromatic N) is 1. The van der Waals surface area contributed by atoms with E-state index in [2.05, 4.69) is 42.2 Å². The molecule has 0 aliphatic carbocycles. The second-order valence-corrected chi connectivity index (χ2v) is 3.90. The zero-order valence-corrected chi connectivity index (χ0v) is 9.39. The topological polar surface area (TPSA) is 45.1 Å². The molecule has 1 aromatic heterocycles. The summed E-state index contributed by atoms with van der Waals surface area (Å²) in [6.07, 6.45) is 1.70. The van der Waals surface area contributed by atoms with E-state index >= 15 is 0 Å². The predicted octanol–water partition coefficient (Wildman–Crippen LogP) is 2.01. The highest BCUT2D eigenvalue weighted by Gasteiger charge is 1.99. The van der Waals surface area contributed by atoms with Crippen LogP contribution < -0.4 is 5.32 Å². The second-order valence-electron chi connectivity index (χ2n) is 2.13. The number of pyridine rings is 1. The first-order valence-electron chi connectivity index (χ1n) is 3.40. The Morgan fingerprint density at radius 1 is 1.50 bits per heavy atom. The first kappa shape index (κ1) is 9.95. The molecule has 0 aromatic carbocycles. The Hall–Kier alpha value is -0.130. The lowest BCUT2D eigenvalue weighted by atomic mass is 10.4. The van der Waals surface area contributed by atoms with Crippen LogP contribution >= 0.6 is 31.9 Å². The first-order valence-corrected chi connectivity index (χ1v) is 4.98. The van der Waals surface area contributed by atoms with Crippen LogP contribution in [-0.4, -0.2) is 23.2 Å². The molecule has 0 atom stereocenters. The molecular weight excluding hydrogens is 288 g/mol. The van der Waals surface area contributed by atoms with Gasteiger partial charge in [-0.15, -0.1) is 0 Å². The molecule has 1 rings (SSSR count). The van der Waals surface area contributed by atoms with Crippen molar-refractivity contribution in [2.45, 2.75) is 0 Å². The molecule has 5 heteroatoms. The maximum atomic E-state index is 8.56. The molecule has 0 aliphatic rings. The fraction of sp³-hybridized carbons (Fsp3) is 0.286. The molecule has 3 nitrogen and oxygen atoms in total. The highest BCUT2D eigenvalue weighted by Crippen LogP contribution is 2.22. The summed E-state index contributed by atoms with van der Waals surface area (Å²) in [4.78, 5) is 4.10. The summed E-state index contributed by atoms with van der Waals surface area (Å²) in [6.45, 7) is 0.609. The Morgan fingerprint density at radius 2 is 2.25 bits per heavy atom. The van der Waals surface area contributed by atoms with Gasteiger partial charge in [-0.1, -0.05) is 0 Å². The van der Waals surface area contributed by atoms with Crippen LogP contribution in [0, 0.1) is 0 Å². The van der Waals surface area contributed by atoms with E-state index in [4.69, 9.17) is 5.11 Å². The van der Waals surface area contributed by atoms with Gasteiger partial charge >= 0.3 is 0 Å². The molecular formula is C7H8Br2N2O. The summed E-state index contributed by atoms with van der Waals surface area (Å²) in [7, 11) is 0. The first-order chi connectivity index (χ1) is 5.74. The maximum absolute atomic E-state index is 8.56. The van der Waals surface area contributed by atoms with E-state index in [0.717, 1.165) is 14.8 Å². The predicted molar refractivity (Wildman–Crippen MR) is 55.2 cm³/mol. The number of nitrogens with one attached hydrogen (secondary N) is 1. The normalized spacial score (nSPS) is 9.92. The van der Waals surface area contributed by atoms with Gasteiger partial charge in [0.2, 0.25) is 0 Å². The van der Waals surface area contributed by atoms with E-state index in [1.54, 1.807) is 6.20 Å². The number of rotatable bonds is 3. The molecule has 12 heavy (non-hydrogen) atoms. The number of halogens is 2. The fourth-order valence-corrected chi connectivity index (χ4v) is 1.85. The molecule has 0 bridgehead atoms. The summed E-state index contributed by atoms with van der Waals surface area (Å²) in [5.74, 6) is 0.743. The van der Waals surface area contributed by atoms with Crippen LogP contribution in [0.15, 0.2) is 21.2 Å². The maximum Gasteiger partial charge on any atom is 0.140 e. The van der Waals surface area contributed by atoms with E-state index in [1.807, 2.05) is 6.07 Å². The third-order valence-corrected chi connectivity index (χ3v) is 2.25. The molecule has 66 valence electrons. The van der Waals surface area contributed by atoms with Crippen molar-refractivity contribution in [3.05, 3.63) is 21.2 Å². The Kier molecular flexibility index (Phi) is 3.97. The second kappa shape index (κ2) is 4.79. The van der Waals surface area contributed by atoms with Crippen molar-refractivity contribution in [1.82, 2.24) is 4.98 Å². The van der Waals surface area contributed by atoms with Gasteiger partial charge < -0.3 is 10.4 Å². The smallest absolute Gasteiger partial charge is 0.140 e. The van der Waals surface area contributed by atoms with E-state index < -0.39 is 0 Å². The highest BCUT2D eigenvalue weighted by atomic mass is 79.9. The summed E-state index contributed by atoms with van der Waals surface area (Å²) in [5.41, 5.74) is 0. The third-order valence-electron chi connectivity index (χ3n) is 1.21. The van der Waals surface area contributed by atoms with E-state index in [-0.39, 0.29) is 6.61 Å². The van der Waals surface area contributed by atoms with Crippen LogP contribution in [0.1, 0.15) is 0 Å². The van der Waals surface area contributed by atoms with E-state index in [0.29, 0.717) is 6.54 Å². The van der Waals surface area contributed by atoms with Crippen LogP contribution in [0.4, 0.5) is 5.82 Å². The van der Waals surface area contributed by atoms with Gasteiger partial charge in [-0.2, -0.15) is 0 Å². The van der Waals surface area contributed by atoms with Crippen LogP contribution in [0.25, 0.3) is 0 Å². The van der Waals surface area contributed by atoms with E-state index in [1.165, 1.54) is 0 Å². The van der Waals surface area contributed by atoms with Crippen LogP contribution in [0.3, 0.4) is 0 Å². The third kappa shape index (κ3) is 2.73. The Labute approximate surface area is 87.5 Å². The average Bonchev–Trinajstić information content (AvgIpc) is 2.03. The van der Waals surface area contributed by atoms with Crippen molar-refractivity contribution < 1.29 is 5.11 Å². The van der Waals surface area contributed by atoms with Crippen molar-refractivity contribution in [3.8, 4) is 0 Å². The average molecular weight is 296 g/mol. The number of aliphatic hydroxyl groups excluding tert-OH is 1.